The fourth-order valence-electron chi connectivity index (χ4n) is 2.36. The van der Waals surface area contributed by atoms with Gasteiger partial charge in [-0.25, -0.2) is 4.79 Å². The van der Waals surface area contributed by atoms with Crippen molar-refractivity contribution in [1.29, 1.82) is 0 Å². The van der Waals surface area contributed by atoms with E-state index in [4.69, 9.17) is 4.74 Å². The van der Waals surface area contributed by atoms with Crippen molar-refractivity contribution in [2.24, 2.45) is 0 Å². The Morgan fingerprint density at radius 2 is 2.10 bits per heavy atom. The van der Waals surface area contributed by atoms with Crippen molar-refractivity contribution in [3.63, 3.8) is 0 Å². The number of ether oxygens (including phenoxy) is 1. The van der Waals surface area contributed by atoms with Gasteiger partial charge in [-0.05, 0) is 33.6 Å². The third-order valence-corrected chi connectivity index (χ3v) is 4.07. The minimum Gasteiger partial charge on any atom is -0.458 e. The van der Waals surface area contributed by atoms with Crippen LogP contribution in [0.25, 0.3) is 0 Å². The average Bonchev–Trinajstić information content (AvgIpc) is 2.93. The van der Waals surface area contributed by atoms with Gasteiger partial charge in [-0.3, -0.25) is 9.59 Å². The van der Waals surface area contributed by atoms with Crippen LogP contribution in [0.3, 0.4) is 0 Å². The van der Waals surface area contributed by atoms with E-state index in [-0.39, 0.29) is 17.1 Å². The zero-order valence-corrected chi connectivity index (χ0v) is 12.8. The van der Waals surface area contributed by atoms with Crippen LogP contribution >= 0.6 is 11.8 Å². The van der Waals surface area contributed by atoms with Crippen LogP contribution in [-0.4, -0.2) is 52.0 Å². The number of hydrogen-bond acceptors (Lipinski definition) is 5. The van der Waals surface area contributed by atoms with Gasteiger partial charge in [0, 0.05) is 12.3 Å². The van der Waals surface area contributed by atoms with Crippen molar-refractivity contribution in [2.75, 3.05) is 12.3 Å². The number of likely N-dealkylation sites (tertiary alicyclic amines) is 1. The van der Waals surface area contributed by atoms with Crippen LogP contribution in [0, 0.1) is 0 Å². The molecule has 2 fully saturated rings. The molecule has 0 aliphatic carbocycles. The van der Waals surface area contributed by atoms with E-state index in [0.29, 0.717) is 18.7 Å². The summed E-state index contributed by atoms with van der Waals surface area (Å²) in [4.78, 5) is 37.2. The third kappa shape index (κ3) is 3.45. The molecule has 20 heavy (non-hydrogen) atoms. The zero-order chi connectivity index (χ0) is 14.9. The van der Waals surface area contributed by atoms with Gasteiger partial charge in [-0.2, -0.15) is 0 Å². The molecule has 0 radical (unpaired) electrons. The molecule has 112 valence electrons. The first kappa shape index (κ1) is 15.2. The third-order valence-electron chi connectivity index (χ3n) is 3.19. The first-order valence-electron chi connectivity index (χ1n) is 6.74. The smallest absolute Gasteiger partial charge is 0.329 e. The van der Waals surface area contributed by atoms with Gasteiger partial charge < -0.3 is 15.0 Å². The van der Waals surface area contributed by atoms with Crippen molar-refractivity contribution < 1.29 is 19.1 Å². The second-order valence-electron chi connectivity index (χ2n) is 6.02. The van der Waals surface area contributed by atoms with Crippen molar-refractivity contribution in [3.05, 3.63) is 0 Å². The summed E-state index contributed by atoms with van der Waals surface area (Å²) in [6.45, 7) is 5.96. The number of amides is 2. The maximum absolute atomic E-state index is 12.4. The number of rotatable bonds is 2. The molecule has 0 aromatic carbocycles. The van der Waals surface area contributed by atoms with Gasteiger partial charge in [0.2, 0.25) is 5.91 Å². The molecular formula is C13H20N2O4S. The number of esters is 1. The van der Waals surface area contributed by atoms with Gasteiger partial charge in [0.1, 0.15) is 17.7 Å². The fourth-order valence-corrected chi connectivity index (χ4v) is 3.13. The second-order valence-corrected chi connectivity index (χ2v) is 7.01. The lowest BCUT2D eigenvalue weighted by Crippen LogP contribution is -2.50. The molecular weight excluding hydrogens is 280 g/mol. The molecule has 0 saturated carbocycles. The number of nitrogens with one attached hydrogen (secondary N) is 1. The summed E-state index contributed by atoms with van der Waals surface area (Å²) in [6.07, 6.45) is 1.40. The Morgan fingerprint density at radius 3 is 2.65 bits per heavy atom. The first-order valence-corrected chi connectivity index (χ1v) is 7.73. The van der Waals surface area contributed by atoms with E-state index in [0.717, 1.165) is 18.2 Å². The first-order chi connectivity index (χ1) is 9.28. The summed E-state index contributed by atoms with van der Waals surface area (Å²) >= 11 is 1.10. The highest BCUT2D eigenvalue weighted by Gasteiger charge is 2.41. The van der Waals surface area contributed by atoms with Crippen molar-refractivity contribution in [3.8, 4) is 0 Å². The van der Waals surface area contributed by atoms with E-state index in [1.807, 2.05) is 0 Å². The minimum atomic E-state index is -0.564. The number of thioether (sulfide) groups is 1. The molecule has 6 nitrogen and oxygen atoms in total. The molecule has 7 heteroatoms. The molecule has 2 heterocycles. The Morgan fingerprint density at radius 1 is 1.40 bits per heavy atom. The molecule has 2 aliphatic heterocycles. The summed E-state index contributed by atoms with van der Waals surface area (Å²) in [7, 11) is 0. The van der Waals surface area contributed by atoms with Crippen LogP contribution in [0.4, 0.5) is 4.79 Å². The topological polar surface area (TPSA) is 75.7 Å². The Labute approximate surface area is 122 Å². The van der Waals surface area contributed by atoms with Crippen LogP contribution in [0.15, 0.2) is 0 Å². The molecule has 0 aromatic rings. The number of carbonyl (C=O) groups is 3. The molecule has 1 N–H and O–H groups in total. The number of hydrogen-bond donors (Lipinski definition) is 1. The van der Waals surface area contributed by atoms with Gasteiger partial charge in [-0.15, -0.1) is 0 Å². The molecule has 2 saturated heterocycles. The predicted octanol–water partition coefficient (Wildman–Crippen LogP) is 1.14. The van der Waals surface area contributed by atoms with Crippen LogP contribution in [0.2, 0.25) is 0 Å². The Hall–Kier alpha value is -1.24. The largest absolute Gasteiger partial charge is 0.458 e. The van der Waals surface area contributed by atoms with Gasteiger partial charge in [-0.1, -0.05) is 11.8 Å². The standard InChI is InChI=1S/C13H20N2O4S/c1-13(2,3)19-11(17)9-5-4-6-15(9)10(16)8-7-20-12(18)14-8/h8-9H,4-7H2,1-3H3,(H,14,18)/t8?,9-/m1/s1. The average molecular weight is 300 g/mol. The summed E-state index contributed by atoms with van der Waals surface area (Å²) in [5.74, 6) is -0.119. The highest BCUT2D eigenvalue weighted by Crippen LogP contribution is 2.24. The SMILES string of the molecule is CC(C)(C)OC(=O)[C@H]1CCCN1C(=O)C1CSC(=O)N1. The summed E-state index contributed by atoms with van der Waals surface area (Å²) < 4.78 is 5.36. The Bertz CT molecular complexity index is 433. The van der Waals surface area contributed by atoms with Crippen molar-refractivity contribution in [2.45, 2.75) is 51.3 Å². The lowest BCUT2D eigenvalue weighted by atomic mass is 10.1. The van der Waals surface area contributed by atoms with Crippen LogP contribution in [0.1, 0.15) is 33.6 Å². The quantitative estimate of drug-likeness (QED) is 0.774. The van der Waals surface area contributed by atoms with Gasteiger partial charge in [0.05, 0.1) is 0 Å². The normalized spacial score (nSPS) is 26.6. The van der Waals surface area contributed by atoms with Gasteiger partial charge >= 0.3 is 5.97 Å². The van der Waals surface area contributed by atoms with Crippen LogP contribution in [-0.2, 0) is 14.3 Å². The predicted molar refractivity (Wildman–Crippen MR) is 75.4 cm³/mol. The molecule has 0 aromatic heterocycles. The lowest BCUT2D eigenvalue weighted by molar-refractivity contribution is -0.163. The van der Waals surface area contributed by atoms with Gasteiger partial charge in [0.15, 0.2) is 0 Å². The zero-order valence-electron chi connectivity index (χ0n) is 12.0. The minimum absolute atomic E-state index is 0.184. The van der Waals surface area contributed by atoms with Crippen molar-refractivity contribution >= 4 is 28.9 Å². The Kier molecular flexibility index (Phi) is 4.27. The van der Waals surface area contributed by atoms with Crippen molar-refractivity contribution in [1.82, 2.24) is 10.2 Å². The molecule has 2 atom stereocenters. The van der Waals surface area contributed by atoms with Crippen LogP contribution < -0.4 is 5.32 Å². The maximum atomic E-state index is 12.4. The monoisotopic (exact) mass is 300 g/mol. The van der Waals surface area contributed by atoms with E-state index in [9.17, 15) is 14.4 Å². The van der Waals surface area contributed by atoms with E-state index in [1.54, 1.807) is 25.7 Å². The van der Waals surface area contributed by atoms with Gasteiger partial charge in [0.25, 0.3) is 5.24 Å². The molecule has 0 spiro atoms. The van der Waals surface area contributed by atoms with E-state index in [1.165, 1.54) is 0 Å². The van der Waals surface area contributed by atoms with E-state index in [2.05, 4.69) is 5.32 Å². The highest BCUT2D eigenvalue weighted by atomic mass is 32.2. The lowest BCUT2D eigenvalue weighted by Gasteiger charge is -2.28. The Balaban J connectivity index is 2.01. The summed E-state index contributed by atoms with van der Waals surface area (Å²) in [6, 6.07) is -1.04. The van der Waals surface area contributed by atoms with E-state index >= 15 is 0 Å². The fraction of sp³-hybridized carbons (Fsp3) is 0.769. The second kappa shape index (κ2) is 5.63. The molecule has 0 bridgehead atoms. The van der Waals surface area contributed by atoms with E-state index < -0.39 is 17.7 Å². The summed E-state index contributed by atoms with van der Waals surface area (Å²) in [5, 5.41) is 2.44. The number of carbonyl (C=O) groups excluding carboxylic acids is 3. The molecule has 2 amide bonds. The molecule has 1 unspecified atom stereocenters. The van der Waals surface area contributed by atoms with Crippen LogP contribution in [0.5, 0.6) is 0 Å². The highest BCUT2D eigenvalue weighted by molar-refractivity contribution is 8.14. The molecule has 2 rings (SSSR count). The summed E-state index contributed by atoms with van der Waals surface area (Å²) in [5.41, 5.74) is -0.564. The maximum Gasteiger partial charge on any atom is 0.329 e. The molecule has 2 aliphatic rings. The number of nitrogens with zero attached hydrogens (tertiary/aromatic N) is 1.